The molecule has 1 aliphatic rings. The van der Waals surface area contributed by atoms with Gasteiger partial charge in [-0.15, -0.1) is 0 Å². The molecule has 2 aromatic rings. The average molecular weight is 423 g/mol. The van der Waals surface area contributed by atoms with E-state index in [1.165, 1.54) is 5.56 Å². The zero-order valence-electron chi connectivity index (χ0n) is 18.5. The van der Waals surface area contributed by atoms with Crippen LogP contribution in [0.5, 0.6) is 0 Å². The molecule has 0 radical (unpaired) electrons. The first-order chi connectivity index (χ1) is 15.3. The highest BCUT2D eigenvalue weighted by molar-refractivity contribution is 5.95. The smallest absolute Gasteiger partial charge is 0.227 e. The first kappa shape index (κ1) is 22.8. The Morgan fingerprint density at radius 2 is 1.84 bits per heavy atom. The minimum absolute atomic E-state index is 0.217. The van der Waals surface area contributed by atoms with Crippen LogP contribution >= 0.6 is 0 Å². The lowest BCUT2D eigenvalue weighted by Crippen LogP contribution is -2.37. The van der Waals surface area contributed by atoms with Crippen LogP contribution in [0, 0.1) is 0 Å². The molecule has 166 valence electrons. The van der Waals surface area contributed by atoms with Crippen LogP contribution < -0.4 is 15.5 Å². The van der Waals surface area contributed by atoms with E-state index in [1.54, 1.807) is 0 Å². The van der Waals surface area contributed by atoms with Gasteiger partial charge in [0.05, 0.1) is 13.2 Å². The number of carbonyl (C=O) groups is 1. The maximum absolute atomic E-state index is 11.9. The number of ether oxygens (including phenoxy) is 1. The van der Waals surface area contributed by atoms with Crippen molar-refractivity contribution in [3.05, 3.63) is 65.7 Å². The summed E-state index contributed by atoms with van der Waals surface area (Å²) in [7, 11) is 0. The third kappa shape index (κ3) is 7.72. The topological polar surface area (TPSA) is 66.0 Å². The summed E-state index contributed by atoms with van der Waals surface area (Å²) >= 11 is 0. The van der Waals surface area contributed by atoms with Gasteiger partial charge in [0.25, 0.3) is 0 Å². The van der Waals surface area contributed by atoms with E-state index >= 15 is 0 Å². The summed E-state index contributed by atoms with van der Waals surface area (Å²) in [4.78, 5) is 18.4. The van der Waals surface area contributed by atoms with Crippen molar-refractivity contribution in [2.24, 2.45) is 4.99 Å². The summed E-state index contributed by atoms with van der Waals surface area (Å²) in [5.74, 6) is 1.04. The molecule has 0 aromatic heterocycles. The summed E-state index contributed by atoms with van der Waals surface area (Å²) in [6.45, 7) is 6.60. The Hall–Kier alpha value is -2.86. The van der Waals surface area contributed by atoms with Crippen molar-refractivity contribution < 1.29 is 9.53 Å². The summed E-state index contributed by atoms with van der Waals surface area (Å²) in [6, 6.07) is 18.4. The van der Waals surface area contributed by atoms with E-state index in [2.05, 4.69) is 46.8 Å². The number of unbranched alkanes of at least 4 members (excludes halogenated alkanes) is 1. The fraction of sp³-hybridized carbons (Fsp3) is 0.440. The molecular formula is C25H34N4O2. The van der Waals surface area contributed by atoms with Crippen LogP contribution in [0.15, 0.2) is 59.6 Å². The van der Waals surface area contributed by atoms with Crippen LogP contribution in [0.2, 0.25) is 0 Å². The van der Waals surface area contributed by atoms with E-state index in [4.69, 9.17) is 4.74 Å². The van der Waals surface area contributed by atoms with Gasteiger partial charge in [0, 0.05) is 38.3 Å². The van der Waals surface area contributed by atoms with Crippen molar-refractivity contribution >= 4 is 17.6 Å². The Labute approximate surface area is 185 Å². The lowest BCUT2D eigenvalue weighted by atomic mass is 10.2. The number of amides is 1. The number of aliphatic imine (C=N–C) groups is 1. The van der Waals surface area contributed by atoms with Gasteiger partial charge in [-0.05, 0) is 49.4 Å². The largest absolute Gasteiger partial charge is 0.377 e. The van der Waals surface area contributed by atoms with Gasteiger partial charge in [-0.3, -0.25) is 4.79 Å². The van der Waals surface area contributed by atoms with Gasteiger partial charge in [-0.2, -0.15) is 0 Å². The molecule has 6 nitrogen and oxygen atoms in total. The van der Waals surface area contributed by atoms with E-state index in [9.17, 15) is 4.79 Å². The molecule has 0 bridgehead atoms. The second-order valence-corrected chi connectivity index (χ2v) is 7.68. The number of nitrogens with one attached hydrogen (secondary N) is 2. The molecule has 0 unspecified atom stereocenters. The Bertz CT molecular complexity index is 821. The summed E-state index contributed by atoms with van der Waals surface area (Å²) in [5, 5.41) is 6.69. The number of nitrogens with zero attached hydrogens (tertiary/aromatic N) is 2. The van der Waals surface area contributed by atoms with Crippen molar-refractivity contribution in [3.8, 4) is 0 Å². The van der Waals surface area contributed by atoms with Gasteiger partial charge in [0.2, 0.25) is 5.91 Å². The number of benzene rings is 2. The minimum Gasteiger partial charge on any atom is -0.377 e. The first-order valence-electron chi connectivity index (χ1n) is 11.3. The summed E-state index contributed by atoms with van der Waals surface area (Å²) < 4.78 is 5.73. The zero-order valence-corrected chi connectivity index (χ0v) is 18.5. The summed E-state index contributed by atoms with van der Waals surface area (Å²) in [6.07, 6.45) is 3.64. The lowest BCUT2D eigenvalue weighted by Gasteiger charge is -2.16. The molecule has 3 rings (SSSR count). The Morgan fingerprint density at radius 1 is 1.03 bits per heavy atom. The maximum Gasteiger partial charge on any atom is 0.227 e. The maximum atomic E-state index is 11.9. The van der Waals surface area contributed by atoms with E-state index in [-0.39, 0.29) is 5.91 Å². The van der Waals surface area contributed by atoms with Gasteiger partial charge < -0.3 is 20.3 Å². The molecule has 1 heterocycles. The van der Waals surface area contributed by atoms with E-state index in [1.807, 2.05) is 35.2 Å². The molecular weight excluding hydrogens is 388 g/mol. The second-order valence-electron chi connectivity index (χ2n) is 7.68. The van der Waals surface area contributed by atoms with Crippen molar-refractivity contribution in [1.82, 2.24) is 10.6 Å². The number of rotatable bonds is 11. The fourth-order valence-corrected chi connectivity index (χ4v) is 3.51. The van der Waals surface area contributed by atoms with Crippen molar-refractivity contribution in [2.75, 3.05) is 31.1 Å². The predicted molar refractivity (Wildman–Crippen MR) is 126 cm³/mol. The van der Waals surface area contributed by atoms with Gasteiger partial charge >= 0.3 is 0 Å². The highest BCUT2D eigenvalue weighted by Gasteiger charge is 2.21. The Kier molecular flexibility index (Phi) is 9.38. The molecule has 1 fully saturated rings. The zero-order chi connectivity index (χ0) is 21.7. The van der Waals surface area contributed by atoms with Crippen LogP contribution in [-0.2, 0) is 22.7 Å². The minimum atomic E-state index is 0.217. The number of hydrogen-bond acceptors (Lipinski definition) is 3. The van der Waals surface area contributed by atoms with Gasteiger partial charge in [0.1, 0.15) is 0 Å². The van der Waals surface area contributed by atoms with E-state index < -0.39 is 0 Å². The molecule has 31 heavy (non-hydrogen) atoms. The third-order valence-corrected chi connectivity index (χ3v) is 5.20. The number of anilines is 1. The Morgan fingerprint density at radius 3 is 2.55 bits per heavy atom. The molecule has 2 N–H and O–H groups in total. The van der Waals surface area contributed by atoms with Crippen LogP contribution in [0.4, 0.5) is 5.69 Å². The number of carbonyl (C=O) groups excluding carboxylic acids is 1. The first-order valence-corrected chi connectivity index (χ1v) is 11.3. The van der Waals surface area contributed by atoms with E-state index in [0.717, 1.165) is 62.7 Å². The van der Waals surface area contributed by atoms with Crippen molar-refractivity contribution in [2.45, 2.75) is 45.8 Å². The van der Waals surface area contributed by atoms with Crippen LogP contribution in [0.1, 0.15) is 43.7 Å². The predicted octanol–water partition coefficient (Wildman–Crippen LogP) is 3.87. The standard InChI is InChI=1S/C25H34N4O2/c1-2-26-25(27-16-6-7-18-31-20-22-9-4-3-5-10-22)28-19-21-12-14-23(15-13-21)29-17-8-11-24(29)30/h3-5,9-10,12-15H,2,6-8,11,16-20H2,1H3,(H2,26,27,28). The molecule has 0 saturated carbocycles. The fourth-order valence-electron chi connectivity index (χ4n) is 3.51. The normalized spacial score (nSPS) is 14.2. The molecule has 0 atom stereocenters. The highest BCUT2D eigenvalue weighted by atomic mass is 16.5. The molecule has 1 amide bonds. The van der Waals surface area contributed by atoms with Crippen molar-refractivity contribution in [1.29, 1.82) is 0 Å². The monoisotopic (exact) mass is 422 g/mol. The molecule has 1 saturated heterocycles. The van der Waals surface area contributed by atoms with Crippen molar-refractivity contribution in [3.63, 3.8) is 0 Å². The Balaban J connectivity index is 1.36. The van der Waals surface area contributed by atoms with Crippen LogP contribution in [0.3, 0.4) is 0 Å². The van der Waals surface area contributed by atoms with Gasteiger partial charge in [-0.1, -0.05) is 42.5 Å². The SMILES string of the molecule is CCNC(=NCc1ccc(N2CCCC2=O)cc1)NCCCCOCc1ccccc1. The molecule has 0 aliphatic carbocycles. The lowest BCUT2D eigenvalue weighted by molar-refractivity contribution is -0.117. The summed E-state index contributed by atoms with van der Waals surface area (Å²) in [5.41, 5.74) is 3.32. The number of hydrogen-bond donors (Lipinski definition) is 2. The van der Waals surface area contributed by atoms with Gasteiger partial charge in [0.15, 0.2) is 5.96 Å². The third-order valence-electron chi connectivity index (χ3n) is 5.20. The van der Waals surface area contributed by atoms with Crippen LogP contribution in [0.25, 0.3) is 0 Å². The molecule has 1 aliphatic heterocycles. The molecule has 6 heteroatoms. The van der Waals surface area contributed by atoms with Gasteiger partial charge in [-0.25, -0.2) is 4.99 Å². The molecule has 2 aromatic carbocycles. The van der Waals surface area contributed by atoms with Crippen LogP contribution in [-0.4, -0.2) is 38.1 Å². The quantitative estimate of drug-likeness (QED) is 0.328. The number of guanidine groups is 1. The molecule has 0 spiro atoms. The van der Waals surface area contributed by atoms with E-state index in [0.29, 0.717) is 19.6 Å². The highest BCUT2D eigenvalue weighted by Crippen LogP contribution is 2.21. The second kappa shape index (κ2) is 12.7. The average Bonchev–Trinajstić information content (AvgIpc) is 3.23.